The number of nitrogens with zero attached hydrogens (tertiary/aromatic N) is 1. The third-order valence-electron chi connectivity index (χ3n) is 2.69. The van der Waals surface area contributed by atoms with Gasteiger partial charge in [0.1, 0.15) is 5.82 Å². The molecule has 1 amide bonds. The van der Waals surface area contributed by atoms with Gasteiger partial charge in [-0.05, 0) is 31.5 Å². The highest BCUT2D eigenvalue weighted by molar-refractivity contribution is 14.0. The molecule has 0 saturated heterocycles. The van der Waals surface area contributed by atoms with Crippen molar-refractivity contribution in [3.8, 4) is 0 Å². The number of halogens is 2. The van der Waals surface area contributed by atoms with Gasteiger partial charge >= 0.3 is 0 Å². The number of amides is 1. The SMILES string of the molecule is CN=C(NCCC(=O)NC(C)C)NCc1ccc(F)cc1.I. The van der Waals surface area contributed by atoms with Crippen LogP contribution in [0, 0.1) is 5.82 Å². The van der Waals surface area contributed by atoms with Gasteiger partial charge in [0.2, 0.25) is 5.91 Å². The van der Waals surface area contributed by atoms with Crippen LogP contribution in [0.5, 0.6) is 0 Å². The van der Waals surface area contributed by atoms with Crippen LogP contribution >= 0.6 is 24.0 Å². The predicted molar refractivity (Wildman–Crippen MR) is 97.9 cm³/mol. The van der Waals surface area contributed by atoms with Crippen molar-refractivity contribution in [2.24, 2.45) is 4.99 Å². The van der Waals surface area contributed by atoms with Gasteiger partial charge in [0.15, 0.2) is 5.96 Å². The molecule has 1 rings (SSSR count). The minimum Gasteiger partial charge on any atom is -0.356 e. The summed E-state index contributed by atoms with van der Waals surface area (Å²) in [6, 6.07) is 6.41. The highest BCUT2D eigenvalue weighted by atomic mass is 127. The molecule has 0 aliphatic heterocycles. The van der Waals surface area contributed by atoms with Crippen LogP contribution < -0.4 is 16.0 Å². The Morgan fingerprint density at radius 2 is 1.86 bits per heavy atom. The summed E-state index contributed by atoms with van der Waals surface area (Å²) in [4.78, 5) is 15.6. The van der Waals surface area contributed by atoms with Crippen molar-refractivity contribution in [1.82, 2.24) is 16.0 Å². The summed E-state index contributed by atoms with van der Waals surface area (Å²) in [6.07, 6.45) is 0.384. The van der Waals surface area contributed by atoms with Crippen molar-refractivity contribution >= 4 is 35.8 Å². The summed E-state index contributed by atoms with van der Waals surface area (Å²) in [7, 11) is 1.66. The molecule has 5 nitrogen and oxygen atoms in total. The number of hydrogen-bond acceptors (Lipinski definition) is 2. The summed E-state index contributed by atoms with van der Waals surface area (Å²) >= 11 is 0. The summed E-state index contributed by atoms with van der Waals surface area (Å²) in [5.74, 6) is 0.362. The average Bonchev–Trinajstić information content (AvgIpc) is 2.43. The summed E-state index contributed by atoms with van der Waals surface area (Å²) < 4.78 is 12.8. The fraction of sp³-hybridized carbons (Fsp3) is 0.467. The molecule has 0 unspecified atom stereocenters. The Labute approximate surface area is 148 Å². The van der Waals surface area contributed by atoms with Gasteiger partial charge in [-0.3, -0.25) is 9.79 Å². The van der Waals surface area contributed by atoms with Crippen molar-refractivity contribution in [2.75, 3.05) is 13.6 Å². The van der Waals surface area contributed by atoms with E-state index in [2.05, 4.69) is 20.9 Å². The average molecular weight is 422 g/mol. The van der Waals surface area contributed by atoms with E-state index in [1.165, 1.54) is 12.1 Å². The van der Waals surface area contributed by atoms with Gasteiger partial charge in [-0.15, -0.1) is 24.0 Å². The minimum absolute atomic E-state index is 0. The minimum atomic E-state index is -0.252. The van der Waals surface area contributed by atoms with Crippen molar-refractivity contribution in [1.29, 1.82) is 0 Å². The van der Waals surface area contributed by atoms with Crippen LogP contribution in [0.2, 0.25) is 0 Å². The van der Waals surface area contributed by atoms with Crippen LogP contribution in [0.25, 0.3) is 0 Å². The second kappa shape index (κ2) is 11.2. The highest BCUT2D eigenvalue weighted by Crippen LogP contribution is 2.01. The molecule has 3 N–H and O–H groups in total. The van der Waals surface area contributed by atoms with Gasteiger partial charge in [0.25, 0.3) is 0 Å². The maximum absolute atomic E-state index is 12.8. The zero-order chi connectivity index (χ0) is 15.7. The molecule has 0 aliphatic rings. The number of carbonyl (C=O) groups excluding carboxylic acids is 1. The van der Waals surface area contributed by atoms with Crippen molar-refractivity contribution < 1.29 is 9.18 Å². The first-order valence-electron chi connectivity index (χ1n) is 6.99. The lowest BCUT2D eigenvalue weighted by molar-refractivity contribution is -0.121. The molecule has 0 bridgehead atoms. The Morgan fingerprint density at radius 3 is 2.41 bits per heavy atom. The number of hydrogen-bond donors (Lipinski definition) is 3. The molecule has 0 aliphatic carbocycles. The number of carbonyl (C=O) groups is 1. The second-order valence-electron chi connectivity index (χ2n) is 4.95. The monoisotopic (exact) mass is 422 g/mol. The van der Waals surface area contributed by atoms with E-state index in [1.807, 2.05) is 13.8 Å². The molecule has 1 aromatic rings. The molecule has 0 heterocycles. The van der Waals surface area contributed by atoms with Gasteiger partial charge in [-0.1, -0.05) is 12.1 Å². The number of benzene rings is 1. The molecular formula is C15H24FIN4O. The molecule has 1 aromatic carbocycles. The predicted octanol–water partition coefficient (Wildman–Crippen LogP) is 2.02. The van der Waals surface area contributed by atoms with Crippen LogP contribution in [0.15, 0.2) is 29.3 Å². The third-order valence-corrected chi connectivity index (χ3v) is 2.69. The third kappa shape index (κ3) is 8.81. The van der Waals surface area contributed by atoms with E-state index in [9.17, 15) is 9.18 Å². The maximum Gasteiger partial charge on any atom is 0.221 e. The quantitative estimate of drug-likeness (QED) is 0.374. The molecule has 0 atom stereocenters. The zero-order valence-corrected chi connectivity index (χ0v) is 15.5. The topological polar surface area (TPSA) is 65.5 Å². The van der Waals surface area contributed by atoms with Crippen LogP contribution in [0.3, 0.4) is 0 Å². The molecule has 0 spiro atoms. The Morgan fingerprint density at radius 1 is 1.23 bits per heavy atom. The maximum atomic E-state index is 12.8. The summed E-state index contributed by atoms with van der Waals surface area (Å²) in [5, 5.41) is 8.99. The first-order valence-corrected chi connectivity index (χ1v) is 6.99. The number of nitrogens with one attached hydrogen (secondary N) is 3. The first kappa shape index (κ1) is 20.6. The van der Waals surface area contributed by atoms with Crippen molar-refractivity contribution in [3.63, 3.8) is 0 Å². The standard InChI is InChI=1S/C15H23FN4O.HI/c1-11(2)20-14(21)8-9-18-15(17-3)19-10-12-4-6-13(16)7-5-12;/h4-7,11H,8-10H2,1-3H3,(H,20,21)(H2,17,18,19);1H. The Kier molecular flexibility index (Phi) is 10.5. The number of aliphatic imine (C=N–C) groups is 1. The summed E-state index contributed by atoms with van der Waals surface area (Å²) in [5.41, 5.74) is 0.955. The van der Waals surface area contributed by atoms with Gasteiger partial charge in [-0.25, -0.2) is 4.39 Å². The lowest BCUT2D eigenvalue weighted by Gasteiger charge is -2.12. The molecule has 0 aromatic heterocycles. The van der Waals surface area contributed by atoms with E-state index in [4.69, 9.17) is 0 Å². The van der Waals surface area contributed by atoms with E-state index < -0.39 is 0 Å². The van der Waals surface area contributed by atoms with Crippen LogP contribution in [0.1, 0.15) is 25.8 Å². The number of rotatable bonds is 6. The zero-order valence-electron chi connectivity index (χ0n) is 13.1. The van der Waals surface area contributed by atoms with Gasteiger partial charge in [0.05, 0.1) is 0 Å². The molecule has 124 valence electrons. The Bertz CT molecular complexity index is 477. The van der Waals surface area contributed by atoms with Gasteiger partial charge < -0.3 is 16.0 Å². The van der Waals surface area contributed by atoms with Gasteiger partial charge in [-0.2, -0.15) is 0 Å². The first-order chi connectivity index (χ1) is 10.0. The van der Waals surface area contributed by atoms with E-state index in [0.29, 0.717) is 25.5 Å². The summed E-state index contributed by atoms with van der Waals surface area (Å²) in [6.45, 7) is 4.89. The largest absolute Gasteiger partial charge is 0.356 e. The smallest absolute Gasteiger partial charge is 0.221 e. The molecule has 0 saturated carbocycles. The van der Waals surface area contributed by atoms with E-state index in [1.54, 1.807) is 19.2 Å². The second-order valence-corrected chi connectivity index (χ2v) is 4.95. The normalized spacial score (nSPS) is 10.9. The van der Waals surface area contributed by atoms with Crippen LogP contribution in [-0.2, 0) is 11.3 Å². The Hall–Kier alpha value is -1.38. The lowest BCUT2D eigenvalue weighted by atomic mass is 10.2. The lowest BCUT2D eigenvalue weighted by Crippen LogP contribution is -2.39. The van der Waals surface area contributed by atoms with E-state index in [0.717, 1.165) is 5.56 Å². The van der Waals surface area contributed by atoms with Gasteiger partial charge in [0, 0.05) is 32.6 Å². The van der Waals surface area contributed by atoms with Crippen LogP contribution in [-0.4, -0.2) is 31.5 Å². The van der Waals surface area contributed by atoms with E-state index >= 15 is 0 Å². The van der Waals surface area contributed by atoms with Crippen molar-refractivity contribution in [3.05, 3.63) is 35.6 Å². The fourth-order valence-corrected chi connectivity index (χ4v) is 1.70. The van der Waals surface area contributed by atoms with Crippen LogP contribution in [0.4, 0.5) is 4.39 Å². The molecule has 0 radical (unpaired) electrons. The fourth-order valence-electron chi connectivity index (χ4n) is 1.70. The molecule has 0 fully saturated rings. The molecule has 22 heavy (non-hydrogen) atoms. The van der Waals surface area contributed by atoms with Crippen molar-refractivity contribution in [2.45, 2.75) is 32.9 Å². The Balaban J connectivity index is 0.00000441. The van der Waals surface area contributed by atoms with E-state index in [-0.39, 0.29) is 41.7 Å². The number of guanidine groups is 1. The molecular weight excluding hydrogens is 398 g/mol. The highest BCUT2D eigenvalue weighted by Gasteiger charge is 2.04. The molecule has 7 heteroatoms.